The van der Waals surface area contributed by atoms with Crippen LogP contribution in [0.3, 0.4) is 0 Å². The number of nitrogens with zero attached hydrogens (tertiary/aromatic N) is 2. The van der Waals surface area contributed by atoms with Gasteiger partial charge in [0.15, 0.2) is 0 Å². The molecule has 2 aromatic rings. The minimum absolute atomic E-state index is 0.0557. The van der Waals surface area contributed by atoms with Crippen molar-refractivity contribution in [2.45, 2.75) is 70.5 Å². The lowest BCUT2D eigenvalue weighted by Crippen LogP contribution is -2.36. The van der Waals surface area contributed by atoms with E-state index in [-0.39, 0.29) is 5.56 Å². The van der Waals surface area contributed by atoms with Crippen LogP contribution >= 0.6 is 0 Å². The number of nitrogens with one attached hydrogen (secondary N) is 1. The topological polar surface area (TPSA) is 58.2 Å². The Kier molecular flexibility index (Phi) is 4.08. The summed E-state index contributed by atoms with van der Waals surface area (Å²) in [6.07, 6.45) is 7.63. The van der Waals surface area contributed by atoms with Crippen molar-refractivity contribution < 1.29 is 4.74 Å². The zero-order valence-corrected chi connectivity index (χ0v) is 16.2. The Balaban J connectivity index is 1.48. The number of aryl methyl sites for hydroxylation is 3. The van der Waals surface area contributed by atoms with Gasteiger partial charge in [-0.25, -0.2) is 4.98 Å². The molecule has 1 saturated heterocycles. The highest BCUT2D eigenvalue weighted by Gasteiger charge is 2.38. The Hall–Kier alpha value is -2.14. The van der Waals surface area contributed by atoms with E-state index >= 15 is 0 Å². The van der Waals surface area contributed by atoms with Crippen molar-refractivity contribution in [3.05, 3.63) is 56.3 Å². The summed E-state index contributed by atoms with van der Waals surface area (Å²) in [7, 11) is 1.78. The van der Waals surface area contributed by atoms with E-state index in [4.69, 9.17) is 4.74 Å². The third-order valence-corrected chi connectivity index (χ3v) is 6.71. The maximum atomic E-state index is 12.5. The summed E-state index contributed by atoms with van der Waals surface area (Å²) < 4.78 is 5.74. The van der Waals surface area contributed by atoms with E-state index in [0.717, 1.165) is 48.6 Å². The highest BCUT2D eigenvalue weighted by molar-refractivity contribution is 5.45. The number of hydrogen-bond acceptors (Lipinski definition) is 4. The van der Waals surface area contributed by atoms with Gasteiger partial charge in [0.05, 0.1) is 12.8 Å². The maximum Gasteiger partial charge on any atom is 0.254 e. The molecule has 0 radical (unpaired) electrons. The fourth-order valence-corrected chi connectivity index (χ4v) is 5.38. The average Bonchev–Trinajstić information content (AvgIpc) is 3.19. The number of hydrogen-bond donors (Lipinski definition) is 1. The minimum Gasteiger partial charge on any atom is -0.496 e. The van der Waals surface area contributed by atoms with Crippen molar-refractivity contribution >= 4 is 0 Å². The zero-order chi connectivity index (χ0) is 18.5. The highest BCUT2D eigenvalue weighted by atomic mass is 16.5. The van der Waals surface area contributed by atoms with Crippen LogP contribution in [0.2, 0.25) is 0 Å². The molecule has 0 unspecified atom stereocenters. The Morgan fingerprint density at radius 1 is 1.19 bits per heavy atom. The van der Waals surface area contributed by atoms with Gasteiger partial charge in [-0.3, -0.25) is 9.69 Å². The van der Waals surface area contributed by atoms with Gasteiger partial charge in [-0.1, -0.05) is 6.07 Å². The van der Waals surface area contributed by atoms with E-state index in [1.165, 1.54) is 42.4 Å². The molecule has 0 saturated carbocycles. The standard InChI is InChI=1S/C22H27N3O2/c1-13-23-20-11-18-7-6-17(10-19(20)22(26)24-13)25(18)12-16-8-14-4-3-5-15(14)9-21(16)27-2/h8-9,17-18H,3-7,10-12H2,1-2H3,(H,23,24,26)/t17-,18+/m0/s1. The second-order valence-corrected chi connectivity index (χ2v) is 8.33. The lowest BCUT2D eigenvalue weighted by Gasteiger charge is -2.28. The minimum atomic E-state index is 0.0557. The van der Waals surface area contributed by atoms with Crippen LogP contribution in [-0.2, 0) is 32.2 Å². The SMILES string of the molecule is COc1cc2c(cc1CN1[C@@H]3CC[C@H]1Cc1c(nc(C)[nH]c1=O)C3)CCC2. The molecule has 5 nitrogen and oxygen atoms in total. The number of aromatic amines is 1. The predicted octanol–water partition coefficient (Wildman–Crippen LogP) is 2.71. The first-order valence-corrected chi connectivity index (χ1v) is 10.2. The van der Waals surface area contributed by atoms with E-state index in [1.54, 1.807) is 7.11 Å². The average molecular weight is 365 g/mol. The van der Waals surface area contributed by atoms with E-state index in [2.05, 4.69) is 27.0 Å². The number of fused-ring (bicyclic) bond motifs is 4. The number of methoxy groups -OCH3 is 1. The maximum absolute atomic E-state index is 12.5. The Morgan fingerprint density at radius 3 is 2.70 bits per heavy atom. The second-order valence-electron chi connectivity index (χ2n) is 8.33. The molecule has 0 spiro atoms. The first-order valence-electron chi connectivity index (χ1n) is 10.2. The molecule has 2 bridgehead atoms. The van der Waals surface area contributed by atoms with Crippen LogP contribution in [-0.4, -0.2) is 34.1 Å². The number of benzene rings is 1. The van der Waals surface area contributed by atoms with Crippen LogP contribution in [0.15, 0.2) is 16.9 Å². The van der Waals surface area contributed by atoms with Crippen molar-refractivity contribution in [2.24, 2.45) is 0 Å². The Morgan fingerprint density at radius 2 is 1.93 bits per heavy atom. The van der Waals surface area contributed by atoms with Gasteiger partial charge >= 0.3 is 0 Å². The Labute approximate surface area is 159 Å². The van der Waals surface area contributed by atoms with E-state index < -0.39 is 0 Å². The molecule has 5 heteroatoms. The van der Waals surface area contributed by atoms with Crippen LogP contribution in [0.1, 0.15) is 53.0 Å². The van der Waals surface area contributed by atoms with Gasteiger partial charge in [-0.15, -0.1) is 0 Å². The molecule has 3 aliphatic rings. The molecule has 27 heavy (non-hydrogen) atoms. The van der Waals surface area contributed by atoms with Crippen molar-refractivity contribution in [3.63, 3.8) is 0 Å². The molecule has 5 rings (SSSR count). The molecular weight excluding hydrogens is 338 g/mol. The molecular formula is C22H27N3O2. The molecule has 0 amide bonds. The summed E-state index contributed by atoms with van der Waals surface area (Å²) in [5.74, 6) is 1.74. The molecule has 2 aliphatic heterocycles. The first-order chi connectivity index (χ1) is 13.1. The predicted molar refractivity (Wildman–Crippen MR) is 104 cm³/mol. The summed E-state index contributed by atoms with van der Waals surface area (Å²) in [5, 5.41) is 0. The summed E-state index contributed by atoms with van der Waals surface area (Å²) in [6.45, 7) is 2.77. The molecule has 2 atom stereocenters. The van der Waals surface area contributed by atoms with Crippen molar-refractivity contribution in [2.75, 3.05) is 7.11 Å². The van der Waals surface area contributed by atoms with Gasteiger partial charge in [-0.2, -0.15) is 0 Å². The van der Waals surface area contributed by atoms with E-state index in [9.17, 15) is 4.79 Å². The highest BCUT2D eigenvalue weighted by Crippen LogP contribution is 2.37. The molecule has 1 aromatic carbocycles. The number of ether oxygens (including phenoxy) is 1. The zero-order valence-electron chi connectivity index (χ0n) is 16.2. The van der Waals surface area contributed by atoms with Crippen molar-refractivity contribution in [1.29, 1.82) is 0 Å². The third-order valence-electron chi connectivity index (χ3n) is 6.71. The second kappa shape index (κ2) is 6.48. The Bertz CT molecular complexity index is 949. The number of H-pyrrole nitrogens is 1. The monoisotopic (exact) mass is 365 g/mol. The fourth-order valence-electron chi connectivity index (χ4n) is 5.38. The van der Waals surface area contributed by atoms with Gasteiger partial charge < -0.3 is 9.72 Å². The summed E-state index contributed by atoms with van der Waals surface area (Å²) in [6, 6.07) is 5.50. The number of rotatable bonds is 3. The molecule has 1 aromatic heterocycles. The summed E-state index contributed by atoms with van der Waals surface area (Å²) in [5.41, 5.74) is 6.20. The van der Waals surface area contributed by atoms with Gasteiger partial charge in [0.2, 0.25) is 0 Å². The number of aromatic nitrogens is 2. The third kappa shape index (κ3) is 2.89. The van der Waals surface area contributed by atoms with Gasteiger partial charge in [0.25, 0.3) is 5.56 Å². The molecule has 1 aliphatic carbocycles. The largest absolute Gasteiger partial charge is 0.496 e. The normalized spacial score (nSPS) is 23.8. The van der Waals surface area contributed by atoms with Crippen LogP contribution in [0.5, 0.6) is 5.75 Å². The lowest BCUT2D eigenvalue weighted by atomic mass is 9.98. The van der Waals surface area contributed by atoms with Crippen LogP contribution in [0, 0.1) is 6.92 Å². The van der Waals surface area contributed by atoms with Gasteiger partial charge in [0.1, 0.15) is 11.6 Å². The lowest BCUT2D eigenvalue weighted by molar-refractivity contribution is 0.185. The van der Waals surface area contributed by atoms with Crippen molar-refractivity contribution in [1.82, 2.24) is 14.9 Å². The van der Waals surface area contributed by atoms with Gasteiger partial charge in [0, 0.05) is 36.2 Å². The van der Waals surface area contributed by atoms with Crippen molar-refractivity contribution in [3.8, 4) is 5.75 Å². The fraction of sp³-hybridized carbons (Fsp3) is 0.545. The smallest absolute Gasteiger partial charge is 0.254 e. The summed E-state index contributed by atoms with van der Waals surface area (Å²) >= 11 is 0. The van der Waals surface area contributed by atoms with Crippen LogP contribution < -0.4 is 10.3 Å². The van der Waals surface area contributed by atoms with Crippen LogP contribution in [0.4, 0.5) is 0 Å². The first kappa shape index (κ1) is 17.0. The molecule has 3 heterocycles. The van der Waals surface area contributed by atoms with Gasteiger partial charge in [-0.05, 0) is 62.6 Å². The van der Waals surface area contributed by atoms with E-state index in [1.807, 2.05) is 6.92 Å². The van der Waals surface area contributed by atoms with Crippen LogP contribution in [0.25, 0.3) is 0 Å². The molecule has 1 N–H and O–H groups in total. The quantitative estimate of drug-likeness (QED) is 0.909. The molecule has 142 valence electrons. The molecule has 1 fully saturated rings. The van der Waals surface area contributed by atoms with E-state index in [0.29, 0.717) is 12.1 Å². The summed E-state index contributed by atoms with van der Waals surface area (Å²) in [4.78, 5) is 22.6.